The van der Waals surface area contributed by atoms with Crippen molar-refractivity contribution in [3.05, 3.63) is 11.6 Å². The minimum atomic E-state index is -0.177. The second-order valence-electron chi connectivity index (χ2n) is 2.22. The lowest BCUT2D eigenvalue weighted by Crippen LogP contribution is -2.02. The lowest BCUT2D eigenvalue weighted by Gasteiger charge is -1.98. The van der Waals surface area contributed by atoms with Crippen LogP contribution in [0.15, 0.2) is 11.6 Å². The zero-order chi connectivity index (χ0) is 8.69. The van der Waals surface area contributed by atoms with Crippen LogP contribution in [-0.2, 0) is 9.53 Å². The molecule has 0 aromatic rings. The zero-order valence-electron chi connectivity index (χ0n) is 6.89. The molecule has 0 unspecified atom stereocenters. The number of hydrogen-bond acceptors (Lipinski definition) is 2. The smallest absolute Gasteiger partial charge is 0.305 e. The van der Waals surface area contributed by atoms with Gasteiger partial charge in [0.1, 0.15) is 6.61 Å². The highest BCUT2D eigenvalue weighted by Crippen LogP contribution is 1.95. The number of ether oxygens (including phenoxy) is 1. The molecular weight excluding hydrogens is 164 g/mol. The van der Waals surface area contributed by atoms with E-state index < -0.39 is 0 Å². The molecular formula is C8H13ClO2. The van der Waals surface area contributed by atoms with E-state index in [1.165, 1.54) is 0 Å². The summed E-state index contributed by atoms with van der Waals surface area (Å²) in [6.45, 7) is 4.00. The molecule has 0 atom stereocenters. The molecule has 0 aliphatic rings. The molecule has 0 aliphatic carbocycles. The fraction of sp³-hybridized carbons (Fsp3) is 0.625. The summed E-state index contributed by atoms with van der Waals surface area (Å²) in [5.74, 6) is 0.313. The van der Waals surface area contributed by atoms with Gasteiger partial charge in [0, 0.05) is 12.3 Å². The number of rotatable bonds is 4. The third kappa shape index (κ3) is 5.92. The SMILES string of the molecule is CCC(=O)OCC=C(C)CCl. The summed E-state index contributed by atoms with van der Waals surface area (Å²) < 4.78 is 4.79. The molecule has 0 rings (SSSR count). The van der Waals surface area contributed by atoms with Gasteiger partial charge in [-0.2, -0.15) is 0 Å². The molecule has 3 heteroatoms. The van der Waals surface area contributed by atoms with Gasteiger partial charge in [0.25, 0.3) is 0 Å². The van der Waals surface area contributed by atoms with E-state index in [4.69, 9.17) is 16.3 Å². The summed E-state index contributed by atoms with van der Waals surface area (Å²) >= 11 is 5.49. The summed E-state index contributed by atoms with van der Waals surface area (Å²) in [5, 5.41) is 0. The third-order valence-corrected chi connectivity index (χ3v) is 1.60. The Bertz CT molecular complexity index is 152. The second kappa shape index (κ2) is 6.23. The van der Waals surface area contributed by atoms with E-state index in [-0.39, 0.29) is 5.97 Å². The van der Waals surface area contributed by atoms with Crippen molar-refractivity contribution in [2.75, 3.05) is 12.5 Å². The number of hydrogen-bond donors (Lipinski definition) is 0. The Hall–Kier alpha value is -0.500. The highest BCUT2D eigenvalue weighted by Gasteiger charge is 1.94. The van der Waals surface area contributed by atoms with E-state index in [1.54, 1.807) is 13.0 Å². The molecule has 0 aliphatic heterocycles. The van der Waals surface area contributed by atoms with E-state index in [0.29, 0.717) is 18.9 Å². The molecule has 0 amide bonds. The van der Waals surface area contributed by atoms with Gasteiger partial charge in [0.2, 0.25) is 0 Å². The number of alkyl halides is 1. The number of halogens is 1. The Balaban J connectivity index is 3.48. The van der Waals surface area contributed by atoms with Crippen LogP contribution in [0.3, 0.4) is 0 Å². The van der Waals surface area contributed by atoms with Crippen LogP contribution >= 0.6 is 11.6 Å². The maximum Gasteiger partial charge on any atom is 0.305 e. The van der Waals surface area contributed by atoms with Gasteiger partial charge in [-0.3, -0.25) is 4.79 Å². The zero-order valence-corrected chi connectivity index (χ0v) is 7.65. The summed E-state index contributed by atoms with van der Waals surface area (Å²) in [7, 11) is 0. The fourth-order valence-corrected chi connectivity index (χ4v) is 0.543. The molecule has 0 N–H and O–H groups in total. The van der Waals surface area contributed by atoms with Crippen molar-refractivity contribution in [1.82, 2.24) is 0 Å². The van der Waals surface area contributed by atoms with Gasteiger partial charge in [-0.15, -0.1) is 11.6 Å². The van der Waals surface area contributed by atoms with Gasteiger partial charge in [0.15, 0.2) is 0 Å². The fourth-order valence-electron chi connectivity index (χ4n) is 0.433. The highest BCUT2D eigenvalue weighted by atomic mass is 35.5. The largest absolute Gasteiger partial charge is 0.461 e. The van der Waals surface area contributed by atoms with Gasteiger partial charge >= 0.3 is 5.97 Å². The summed E-state index contributed by atoms with van der Waals surface area (Å²) in [6.07, 6.45) is 2.23. The van der Waals surface area contributed by atoms with Crippen molar-refractivity contribution >= 4 is 17.6 Å². The molecule has 0 saturated carbocycles. The first kappa shape index (κ1) is 10.5. The third-order valence-electron chi connectivity index (χ3n) is 1.18. The van der Waals surface area contributed by atoms with Crippen molar-refractivity contribution in [2.45, 2.75) is 20.3 Å². The number of esters is 1. The quantitative estimate of drug-likeness (QED) is 0.373. The lowest BCUT2D eigenvalue weighted by molar-refractivity contribution is -0.141. The number of allylic oxidation sites excluding steroid dienone is 1. The average molecular weight is 177 g/mol. The maximum atomic E-state index is 10.6. The Kier molecular flexibility index (Phi) is 5.94. The van der Waals surface area contributed by atoms with Crippen LogP contribution in [0.25, 0.3) is 0 Å². The predicted molar refractivity (Wildman–Crippen MR) is 45.7 cm³/mol. The second-order valence-corrected chi connectivity index (χ2v) is 2.49. The Morgan fingerprint density at radius 2 is 2.27 bits per heavy atom. The molecule has 2 nitrogen and oxygen atoms in total. The molecule has 64 valence electrons. The van der Waals surface area contributed by atoms with E-state index >= 15 is 0 Å². The molecule has 0 spiro atoms. The maximum absolute atomic E-state index is 10.6. The van der Waals surface area contributed by atoms with Crippen LogP contribution in [0, 0.1) is 0 Å². The van der Waals surface area contributed by atoms with Gasteiger partial charge in [-0.25, -0.2) is 0 Å². The van der Waals surface area contributed by atoms with Crippen molar-refractivity contribution in [3.63, 3.8) is 0 Å². The number of carbonyl (C=O) groups excluding carboxylic acids is 1. The molecule has 0 radical (unpaired) electrons. The van der Waals surface area contributed by atoms with Crippen LogP contribution in [0.2, 0.25) is 0 Å². The topological polar surface area (TPSA) is 26.3 Å². The summed E-state index contributed by atoms with van der Waals surface area (Å²) in [5.41, 5.74) is 1.02. The van der Waals surface area contributed by atoms with Gasteiger partial charge in [-0.1, -0.05) is 12.5 Å². The molecule has 0 aromatic heterocycles. The Morgan fingerprint density at radius 3 is 2.73 bits per heavy atom. The van der Waals surface area contributed by atoms with Crippen LogP contribution in [0.5, 0.6) is 0 Å². The molecule has 0 heterocycles. The summed E-state index contributed by atoms with van der Waals surface area (Å²) in [4.78, 5) is 10.6. The highest BCUT2D eigenvalue weighted by molar-refractivity contribution is 6.19. The standard InChI is InChI=1S/C8H13ClO2/c1-3-8(10)11-5-4-7(2)6-9/h4H,3,5-6H2,1-2H3. The minimum absolute atomic E-state index is 0.177. The Morgan fingerprint density at radius 1 is 1.64 bits per heavy atom. The monoisotopic (exact) mass is 176 g/mol. The predicted octanol–water partition coefficient (Wildman–Crippen LogP) is 2.12. The first-order chi connectivity index (χ1) is 5.20. The van der Waals surface area contributed by atoms with Crippen LogP contribution in [0.1, 0.15) is 20.3 Å². The van der Waals surface area contributed by atoms with Crippen LogP contribution < -0.4 is 0 Å². The first-order valence-corrected chi connectivity index (χ1v) is 4.11. The van der Waals surface area contributed by atoms with Crippen LogP contribution in [0.4, 0.5) is 0 Å². The first-order valence-electron chi connectivity index (χ1n) is 3.58. The van der Waals surface area contributed by atoms with Gasteiger partial charge in [0.05, 0.1) is 0 Å². The van der Waals surface area contributed by atoms with Crippen molar-refractivity contribution < 1.29 is 9.53 Å². The molecule has 0 aromatic carbocycles. The molecule has 0 fully saturated rings. The van der Waals surface area contributed by atoms with E-state index in [9.17, 15) is 4.79 Å². The molecule has 0 bridgehead atoms. The van der Waals surface area contributed by atoms with E-state index in [2.05, 4.69) is 0 Å². The average Bonchev–Trinajstić information content (AvgIpc) is 2.04. The molecule has 11 heavy (non-hydrogen) atoms. The van der Waals surface area contributed by atoms with E-state index in [1.807, 2.05) is 6.92 Å². The van der Waals surface area contributed by atoms with Crippen LogP contribution in [-0.4, -0.2) is 18.5 Å². The van der Waals surface area contributed by atoms with Crippen molar-refractivity contribution in [3.8, 4) is 0 Å². The molecule has 0 saturated heterocycles. The minimum Gasteiger partial charge on any atom is -0.461 e. The lowest BCUT2D eigenvalue weighted by atomic mass is 10.3. The van der Waals surface area contributed by atoms with Crippen molar-refractivity contribution in [2.24, 2.45) is 0 Å². The van der Waals surface area contributed by atoms with Gasteiger partial charge < -0.3 is 4.74 Å². The van der Waals surface area contributed by atoms with E-state index in [0.717, 1.165) is 5.57 Å². The Labute approximate surface area is 72.2 Å². The summed E-state index contributed by atoms with van der Waals surface area (Å²) in [6, 6.07) is 0. The van der Waals surface area contributed by atoms with Crippen molar-refractivity contribution in [1.29, 1.82) is 0 Å². The normalized spacial score (nSPS) is 11.4. The van der Waals surface area contributed by atoms with Gasteiger partial charge in [-0.05, 0) is 13.0 Å². The number of carbonyl (C=O) groups is 1.